The molecular weight excluding hydrogens is 365 g/mol. The Balaban J connectivity index is 2.39. The van der Waals surface area contributed by atoms with Crippen LogP contribution in [0.5, 0.6) is 0 Å². The molecule has 0 aliphatic rings. The van der Waals surface area contributed by atoms with Crippen LogP contribution in [0, 0.1) is 5.82 Å². The average Bonchev–Trinajstić information content (AvgIpc) is 2.79. The third-order valence-electron chi connectivity index (χ3n) is 2.64. The summed E-state index contributed by atoms with van der Waals surface area (Å²) in [6.45, 7) is 0.0812. The minimum atomic E-state index is -3.16. The van der Waals surface area contributed by atoms with Crippen molar-refractivity contribution >= 4 is 32.1 Å². The summed E-state index contributed by atoms with van der Waals surface area (Å²) < 4.78 is 37.9. The van der Waals surface area contributed by atoms with Gasteiger partial charge in [0.25, 0.3) is 0 Å². The molecule has 2 aromatic heterocycles. The van der Waals surface area contributed by atoms with Crippen LogP contribution in [-0.4, -0.2) is 41.5 Å². The summed E-state index contributed by atoms with van der Waals surface area (Å²) in [4.78, 5) is 15.0. The predicted octanol–water partition coefficient (Wildman–Crippen LogP) is 1.70. The van der Waals surface area contributed by atoms with Crippen molar-refractivity contribution in [2.24, 2.45) is 0 Å². The summed E-state index contributed by atoms with van der Waals surface area (Å²) >= 11 is 3.09. The first-order valence-electron chi connectivity index (χ1n) is 5.82. The average molecular weight is 376 g/mol. The lowest BCUT2D eigenvalue weighted by Crippen LogP contribution is -2.11. The highest BCUT2D eigenvalue weighted by atomic mass is 79.9. The van der Waals surface area contributed by atoms with E-state index in [9.17, 15) is 17.6 Å². The Kier molecular flexibility index (Phi) is 4.52. The molecule has 0 radical (unpaired) electrons. The highest BCUT2D eigenvalue weighted by Gasteiger charge is 2.17. The highest BCUT2D eigenvalue weighted by Crippen LogP contribution is 2.24. The summed E-state index contributed by atoms with van der Waals surface area (Å²) in [5, 5.41) is 4.05. The van der Waals surface area contributed by atoms with Crippen molar-refractivity contribution in [1.29, 1.82) is 0 Å². The van der Waals surface area contributed by atoms with E-state index in [0.29, 0.717) is 10.8 Å². The Bertz CT molecular complexity index is 789. The van der Waals surface area contributed by atoms with Crippen LogP contribution in [0.1, 0.15) is 10.4 Å². The van der Waals surface area contributed by atoms with Crippen LogP contribution in [0.2, 0.25) is 0 Å². The second-order valence-electron chi connectivity index (χ2n) is 4.43. The normalized spacial score (nSPS) is 11.6. The molecule has 0 aliphatic carbocycles. The summed E-state index contributed by atoms with van der Waals surface area (Å²) in [5.74, 6) is -0.747. The molecular formula is C12H11BrFN3O3S. The van der Waals surface area contributed by atoms with Crippen LogP contribution >= 0.6 is 15.9 Å². The van der Waals surface area contributed by atoms with E-state index in [2.05, 4.69) is 26.0 Å². The molecule has 0 bridgehead atoms. The number of carbonyl (C=O) groups excluding carboxylic acids is 1. The second-order valence-corrected chi connectivity index (χ2v) is 7.60. The van der Waals surface area contributed by atoms with E-state index in [4.69, 9.17) is 0 Å². The number of sulfone groups is 1. The fraction of sp³-hybridized carbons (Fsp3) is 0.250. The number of hydrogen-bond acceptors (Lipinski definition) is 5. The maximum Gasteiger partial charge on any atom is 0.153 e. The Morgan fingerprint density at radius 3 is 2.71 bits per heavy atom. The van der Waals surface area contributed by atoms with Crippen LogP contribution in [-0.2, 0) is 16.4 Å². The zero-order valence-corrected chi connectivity index (χ0v) is 13.4. The summed E-state index contributed by atoms with van der Waals surface area (Å²) in [7, 11) is -3.16. The summed E-state index contributed by atoms with van der Waals surface area (Å²) in [5.41, 5.74) is 0.180. The Hall–Kier alpha value is -1.61. The van der Waals surface area contributed by atoms with Gasteiger partial charge in [-0.2, -0.15) is 5.10 Å². The zero-order valence-electron chi connectivity index (χ0n) is 11.0. The van der Waals surface area contributed by atoms with Gasteiger partial charge in [-0.15, -0.1) is 0 Å². The molecule has 0 aliphatic heterocycles. The van der Waals surface area contributed by atoms with Gasteiger partial charge in [-0.3, -0.25) is 14.5 Å². The van der Waals surface area contributed by atoms with E-state index in [1.165, 1.54) is 23.1 Å². The van der Waals surface area contributed by atoms with Gasteiger partial charge >= 0.3 is 0 Å². The van der Waals surface area contributed by atoms with E-state index in [1.807, 2.05) is 0 Å². The Labute approximate surface area is 129 Å². The van der Waals surface area contributed by atoms with Crippen molar-refractivity contribution in [2.75, 3.05) is 12.0 Å². The number of aromatic nitrogens is 3. The van der Waals surface area contributed by atoms with E-state index < -0.39 is 15.7 Å². The van der Waals surface area contributed by atoms with Crippen molar-refractivity contribution in [2.45, 2.75) is 6.54 Å². The number of rotatable bonds is 5. The van der Waals surface area contributed by atoms with Gasteiger partial charge < -0.3 is 0 Å². The van der Waals surface area contributed by atoms with Crippen molar-refractivity contribution < 1.29 is 17.6 Å². The van der Waals surface area contributed by atoms with Crippen molar-refractivity contribution in [3.63, 3.8) is 0 Å². The molecule has 2 heterocycles. The fourth-order valence-electron chi connectivity index (χ4n) is 1.67. The van der Waals surface area contributed by atoms with Gasteiger partial charge in [-0.05, 0) is 22.0 Å². The molecule has 9 heteroatoms. The van der Waals surface area contributed by atoms with Crippen molar-refractivity contribution in [1.82, 2.24) is 14.8 Å². The highest BCUT2D eigenvalue weighted by molar-refractivity contribution is 9.10. The van der Waals surface area contributed by atoms with E-state index in [1.54, 1.807) is 0 Å². The molecule has 6 nitrogen and oxygen atoms in total. The molecule has 21 heavy (non-hydrogen) atoms. The number of hydrogen-bond donors (Lipinski definition) is 0. The smallest absolute Gasteiger partial charge is 0.153 e. The topological polar surface area (TPSA) is 81.9 Å². The molecule has 0 N–H and O–H groups in total. The van der Waals surface area contributed by atoms with Gasteiger partial charge in [0.1, 0.15) is 21.2 Å². The van der Waals surface area contributed by atoms with Crippen molar-refractivity contribution in [3.8, 4) is 11.4 Å². The van der Waals surface area contributed by atoms with Crippen LogP contribution in [0.25, 0.3) is 11.4 Å². The monoisotopic (exact) mass is 375 g/mol. The first-order valence-corrected chi connectivity index (χ1v) is 8.67. The molecule has 0 saturated carbocycles. The predicted molar refractivity (Wildman–Crippen MR) is 78.2 cm³/mol. The molecule has 2 rings (SSSR count). The van der Waals surface area contributed by atoms with Gasteiger partial charge in [-0.1, -0.05) is 0 Å². The van der Waals surface area contributed by atoms with E-state index in [0.717, 1.165) is 6.26 Å². The van der Waals surface area contributed by atoms with Crippen LogP contribution in [0.4, 0.5) is 4.39 Å². The number of halogens is 2. The number of pyridine rings is 1. The molecule has 0 saturated heterocycles. The number of nitrogens with zero attached hydrogens (tertiary/aromatic N) is 3. The van der Waals surface area contributed by atoms with Crippen LogP contribution in [0.3, 0.4) is 0 Å². The first kappa shape index (κ1) is 15.8. The van der Waals surface area contributed by atoms with Crippen molar-refractivity contribution in [3.05, 3.63) is 34.3 Å². The summed E-state index contributed by atoms with van der Waals surface area (Å²) in [6, 6.07) is 1.21. The molecule has 0 atom stereocenters. The second kappa shape index (κ2) is 6.02. The van der Waals surface area contributed by atoms with Gasteiger partial charge in [0.2, 0.25) is 0 Å². The molecule has 2 aromatic rings. The quantitative estimate of drug-likeness (QED) is 0.742. The lowest BCUT2D eigenvalue weighted by atomic mass is 10.2. The van der Waals surface area contributed by atoms with Gasteiger partial charge in [0, 0.05) is 23.1 Å². The minimum absolute atomic E-state index is 0.0570. The largest absolute Gasteiger partial charge is 0.298 e. The summed E-state index contributed by atoms with van der Waals surface area (Å²) in [6.07, 6.45) is 4.40. The molecule has 0 aromatic carbocycles. The van der Waals surface area contributed by atoms with Crippen LogP contribution < -0.4 is 0 Å². The molecule has 0 spiro atoms. The lowest BCUT2D eigenvalue weighted by Gasteiger charge is -2.01. The van der Waals surface area contributed by atoms with Crippen LogP contribution in [0.15, 0.2) is 22.9 Å². The Morgan fingerprint density at radius 2 is 2.14 bits per heavy atom. The molecule has 112 valence electrons. The standard InChI is InChI=1S/C12H11BrFN3O3S/c1-21(19,20)3-2-17-6-8(7-18)11(16-17)12-10(14)4-9(13)5-15-12/h4-7H,2-3H2,1H3. The molecule has 0 fully saturated rings. The number of aldehydes is 1. The van der Waals surface area contributed by atoms with Gasteiger partial charge in [-0.25, -0.2) is 12.8 Å². The van der Waals surface area contributed by atoms with Gasteiger partial charge in [0.05, 0.1) is 17.9 Å². The third-order valence-corrected chi connectivity index (χ3v) is 4.00. The fourth-order valence-corrected chi connectivity index (χ4v) is 2.49. The maximum absolute atomic E-state index is 13.9. The van der Waals surface area contributed by atoms with E-state index in [-0.39, 0.29) is 29.2 Å². The molecule has 0 amide bonds. The maximum atomic E-state index is 13.9. The van der Waals surface area contributed by atoms with E-state index >= 15 is 0 Å². The number of aryl methyl sites for hydroxylation is 1. The molecule has 0 unspecified atom stereocenters. The number of carbonyl (C=O) groups is 1. The SMILES string of the molecule is CS(=O)(=O)CCn1cc(C=O)c(-c2ncc(Br)cc2F)n1. The zero-order chi connectivity index (χ0) is 15.6. The third kappa shape index (κ3) is 3.94. The minimum Gasteiger partial charge on any atom is -0.298 e. The first-order chi connectivity index (χ1) is 9.80. The van der Waals surface area contributed by atoms with Gasteiger partial charge in [0.15, 0.2) is 12.1 Å². The Morgan fingerprint density at radius 1 is 1.43 bits per heavy atom. The lowest BCUT2D eigenvalue weighted by molar-refractivity contribution is 0.112.